The van der Waals surface area contributed by atoms with E-state index in [0.29, 0.717) is 10.4 Å². The minimum atomic E-state index is -0.281. The number of benzene rings is 2. The Labute approximate surface area is 154 Å². The van der Waals surface area contributed by atoms with Gasteiger partial charge in [-0.2, -0.15) is 4.99 Å². The first-order valence-corrected chi connectivity index (χ1v) is 8.97. The van der Waals surface area contributed by atoms with Crippen LogP contribution in [0.25, 0.3) is 21.1 Å². The molecular weight excluding hydrogens is 346 g/mol. The van der Waals surface area contributed by atoms with Gasteiger partial charge < -0.3 is 9.30 Å². The number of pyridine rings is 1. The van der Waals surface area contributed by atoms with Gasteiger partial charge in [-0.1, -0.05) is 29.5 Å². The molecule has 2 aromatic heterocycles. The van der Waals surface area contributed by atoms with Gasteiger partial charge in [-0.25, -0.2) is 0 Å². The van der Waals surface area contributed by atoms with Crippen LogP contribution in [0.4, 0.5) is 0 Å². The van der Waals surface area contributed by atoms with Crippen molar-refractivity contribution in [1.82, 2.24) is 9.55 Å². The Morgan fingerprint density at radius 1 is 1.19 bits per heavy atom. The molecule has 4 rings (SSSR count). The second kappa shape index (κ2) is 6.38. The number of fused-ring (bicyclic) bond motifs is 2. The van der Waals surface area contributed by atoms with E-state index in [9.17, 15) is 4.79 Å². The van der Waals surface area contributed by atoms with E-state index in [4.69, 9.17) is 4.74 Å². The van der Waals surface area contributed by atoms with Gasteiger partial charge in [0.05, 0.1) is 17.3 Å². The fourth-order valence-corrected chi connectivity index (χ4v) is 3.98. The predicted octanol–water partition coefficient (Wildman–Crippen LogP) is 3.85. The molecule has 1 amide bonds. The Morgan fingerprint density at radius 2 is 2.00 bits per heavy atom. The number of thiazole rings is 1. The fraction of sp³-hybridized carbons (Fsp3) is 0.150. The van der Waals surface area contributed by atoms with E-state index in [-0.39, 0.29) is 5.91 Å². The Hall–Kier alpha value is -2.99. The molecule has 2 heterocycles. The van der Waals surface area contributed by atoms with Crippen LogP contribution in [0.3, 0.4) is 0 Å². The standard InChI is InChI=1S/C20H17N3O2S/c1-12-7-8-13-9-10-14(11-15(13)21-12)19(24)22-20-23(2)18-16(25-3)5-4-6-17(18)26-20/h4-11H,1-3H3. The van der Waals surface area contributed by atoms with Crippen LogP contribution in [-0.2, 0) is 7.05 Å². The largest absolute Gasteiger partial charge is 0.495 e. The summed E-state index contributed by atoms with van der Waals surface area (Å²) in [5.41, 5.74) is 3.18. The molecule has 0 fully saturated rings. The van der Waals surface area contributed by atoms with Crippen molar-refractivity contribution in [3.63, 3.8) is 0 Å². The third kappa shape index (κ3) is 2.78. The zero-order valence-corrected chi connectivity index (χ0v) is 15.5. The first kappa shape index (κ1) is 16.5. The van der Waals surface area contributed by atoms with Gasteiger partial charge in [0.1, 0.15) is 11.3 Å². The SMILES string of the molecule is COc1cccc2sc(=NC(=O)c3ccc4ccc(C)nc4c3)n(C)c12. The van der Waals surface area contributed by atoms with E-state index in [1.165, 1.54) is 11.3 Å². The smallest absolute Gasteiger partial charge is 0.279 e. The van der Waals surface area contributed by atoms with Crippen molar-refractivity contribution in [2.75, 3.05) is 7.11 Å². The molecule has 0 spiro atoms. The lowest BCUT2D eigenvalue weighted by molar-refractivity contribution is 0.0998. The van der Waals surface area contributed by atoms with Crippen LogP contribution in [0, 0.1) is 6.92 Å². The molecule has 0 N–H and O–H groups in total. The highest BCUT2D eigenvalue weighted by Crippen LogP contribution is 2.26. The predicted molar refractivity (Wildman–Crippen MR) is 104 cm³/mol. The van der Waals surface area contributed by atoms with E-state index >= 15 is 0 Å². The zero-order chi connectivity index (χ0) is 18.3. The van der Waals surface area contributed by atoms with Gasteiger partial charge >= 0.3 is 0 Å². The van der Waals surface area contributed by atoms with E-state index in [1.54, 1.807) is 19.2 Å². The van der Waals surface area contributed by atoms with Crippen molar-refractivity contribution in [3.05, 3.63) is 64.6 Å². The highest BCUT2D eigenvalue weighted by Gasteiger charge is 2.11. The summed E-state index contributed by atoms with van der Waals surface area (Å²) in [7, 11) is 3.53. The lowest BCUT2D eigenvalue weighted by Gasteiger charge is -2.03. The van der Waals surface area contributed by atoms with E-state index in [2.05, 4.69) is 9.98 Å². The topological polar surface area (TPSA) is 56.5 Å². The van der Waals surface area contributed by atoms with Gasteiger partial charge in [-0.15, -0.1) is 0 Å². The molecule has 130 valence electrons. The van der Waals surface area contributed by atoms with Crippen LogP contribution in [0.5, 0.6) is 5.75 Å². The van der Waals surface area contributed by atoms with E-state index in [1.807, 2.05) is 54.9 Å². The lowest BCUT2D eigenvalue weighted by Crippen LogP contribution is -2.13. The average molecular weight is 363 g/mol. The molecule has 5 nitrogen and oxygen atoms in total. The van der Waals surface area contributed by atoms with Crippen LogP contribution in [-0.4, -0.2) is 22.6 Å². The van der Waals surface area contributed by atoms with Gasteiger partial charge in [0.2, 0.25) is 0 Å². The molecule has 0 bridgehead atoms. The monoisotopic (exact) mass is 363 g/mol. The maximum Gasteiger partial charge on any atom is 0.279 e. The van der Waals surface area contributed by atoms with Crippen LogP contribution in [0.2, 0.25) is 0 Å². The lowest BCUT2D eigenvalue weighted by atomic mass is 10.1. The molecule has 4 aromatic rings. The maximum absolute atomic E-state index is 12.7. The number of carbonyl (C=O) groups is 1. The Bertz CT molecular complexity index is 1220. The second-order valence-electron chi connectivity index (χ2n) is 6.03. The van der Waals surface area contributed by atoms with Crippen molar-refractivity contribution in [2.45, 2.75) is 6.92 Å². The van der Waals surface area contributed by atoms with Crippen LogP contribution in [0.1, 0.15) is 16.1 Å². The fourth-order valence-electron chi connectivity index (χ4n) is 2.94. The van der Waals surface area contributed by atoms with Gasteiger partial charge in [-0.3, -0.25) is 9.78 Å². The molecule has 0 atom stereocenters. The molecule has 0 saturated heterocycles. The molecule has 0 aliphatic carbocycles. The quantitative estimate of drug-likeness (QED) is 0.544. The normalized spacial score (nSPS) is 12.0. The highest BCUT2D eigenvalue weighted by molar-refractivity contribution is 7.16. The van der Waals surface area contributed by atoms with Crippen molar-refractivity contribution < 1.29 is 9.53 Å². The van der Waals surface area contributed by atoms with E-state index < -0.39 is 0 Å². The van der Waals surface area contributed by atoms with E-state index in [0.717, 1.165) is 32.6 Å². The van der Waals surface area contributed by atoms with Crippen LogP contribution in [0.15, 0.2) is 53.5 Å². The third-order valence-electron chi connectivity index (χ3n) is 4.28. The Morgan fingerprint density at radius 3 is 2.81 bits per heavy atom. The number of rotatable bonds is 2. The number of methoxy groups -OCH3 is 1. The molecule has 6 heteroatoms. The Kier molecular flexibility index (Phi) is 4.05. The molecule has 26 heavy (non-hydrogen) atoms. The third-order valence-corrected chi connectivity index (χ3v) is 5.38. The minimum absolute atomic E-state index is 0.281. The summed E-state index contributed by atoms with van der Waals surface area (Å²) >= 11 is 1.46. The second-order valence-corrected chi connectivity index (χ2v) is 7.04. The van der Waals surface area contributed by atoms with Gasteiger partial charge in [0.15, 0.2) is 4.80 Å². The van der Waals surface area contributed by atoms with Crippen molar-refractivity contribution in [3.8, 4) is 5.75 Å². The van der Waals surface area contributed by atoms with Gasteiger partial charge in [0.25, 0.3) is 5.91 Å². The van der Waals surface area contributed by atoms with Crippen molar-refractivity contribution in [1.29, 1.82) is 0 Å². The van der Waals surface area contributed by atoms with Crippen LogP contribution < -0.4 is 9.54 Å². The molecule has 0 unspecified atom stereocenters. The summed E-state index contributed by atoms with van der Waals surface area (Å²) in [6.07, 6.45) is 0. The molecular formula is C20H17N3O2S. The summed E-state index contributed by atoms with van der Waals surface area (Å²) in [5.74, 6) is 0.483. The summed E-state index contributed by atoms with van der Waals surface area (Å²) in [6, 6.07) is 15.3. The number of carbonyl (C=O) groups excluding carboxylic acids is 1. The maximum atomic E-state index is 12.7. The summed E-state index contributed by atoms with van der Waals surface area (Å²) < 4.78 is 8.33. The van der Waals surface area contributed by atoms with Crippen molar-refractivity contribution >= 4 is 38.4 Å². The molecule has 2 aromatic carbocycles. The highest BCUT2D eigenvalue weighted by atomic mass is 32.1. The number of hydrogen-bond donors (Lipinski definition) is 0. The number of aromatic nitrogens is 2. The van der Waals surface area contributed by atoms with Gasteiger partial charge in [-0.05, 0) is 37.3 Å². The van der Waals surface area contributed by atoms with Crippen LogP contribution >= 0.6 is 11.3 Å². The number of nitrogens with zero attached hydrogens (tertiary/aromatic N) is 3. The number of para-hydroxylation sites is 1. The molecule has 0 saturated carbocycles. The summed E-state index contributed by atoms with van der Waals surface area (Å²) in [4.78, 5) is 22.1. The minimum Gasteiger partial charge on any atom is -0.495 e. The average Bonchev–Trinajstić information content (AvgIpc) is 2.96. The summed E-state index contributed by atoms with van der Waals surface area (Å²) in [6.45, 7) is 1.93. The zero-order valence-electron chi connectivity index (χ0n) is 14.7. The number of ether oxygens (including phenoxy) is 1. The number of amides is 1. The van der Waals surface area contributed by atoms with Gasteiger partial charge in [0, 0.05) is 23.7 Å². The first-order valence-electron chi connectivity index (χ1n) is 8.16. The van der Waals surface area contributed by atoms with Crippen molar-refractivity contribution in [2.24, 2.45) is 12.0 Å². The summed E-state index contributed by atoms with van der Waals surface area (Å²) in [5, 5.41) is 1.00. The molecule has 0 radical (unpaired) electrons. The Balaban J connectivity index is 1.82. The number of aryl methyl sites for hydroxylation is 2. The molecule has 0 aliphatic rings. The molecule has 0 aliphatic heterocycles. The first-order chi connectivity index (χ1) is 12.6. The number of hydrogen-bond acceptors (Lipinski definition) is 4.